The maximum Gasteiger partial charge on any atom is 0.265 e. The fourth-order valence-electron chi connectivity index (χ4n) is 4.47. The van der Waals surface area contributed by atoms with Crippen LogP contribution in [0.15, 0.2) is 41.3 Å². The van der Waals surface area contributed by atoms with E-state index in [0.29, 0.717) is 17.6 Å². The van der Waals surface area contributed by atoms with Gasteiger partial charge in [-0.05, 0) is 63.3 Å². The van der Waals surface area contributed by atoms with E-state index in [9.17, 15) is 13.2 Å². The number of carbonyl (C=O) groups is 1. The molecule has 4 rings (SSSR count). The molecule has 2 aromatic rings. The van der Waals surface area contributed by atoms with Gasteiger partial charge in [0.05, 0.1) is 10.6 Å². The van der Waals surface area contributed by atoms with Crippen LogP contribution in [0.4, 0.5) is 5.69 Å². The molecule has 156 valence electrons. The zero-order valence-corrected chi connectivity index (χ0v) is 17.7. The lowest BCUT2D eigenvalue weighted by Crippen LogP contribution is -2.47. The summed E-state index contributed by atoms with van der Waals surface area (Å²) < 4.78 is 27.5. The number of hydrogen-bond acceptors (Lipinski definition) is 4. The van der Waals surface area contributed by atoms with Crippen molar-refractivity contribution in [1.82, 2.24) is 10.2 Å². The average molecular weight is 416 g/mol. The number of amides is 1. The molecule has 1 atom stereocenters. The standard InChI is InChI=1S/C22H29N3O3S/c1-17(22(26)23-13-8-16-24-14-4-2-3-5-15-24)25-19-11-6-9-18-10-7-12-20(21(18)19)29(25,27)28/h6-7,9-12,17H,2-5,8,13-16H2,1H3,(H,23,26). The predicted octanol–water partition coefficient (Wildman–Crippen LogP) is 3.12. The summed E-state index contributed by atoms with van der Waals surface area (Å²) in [5.74, 6) is -0.255. The van der Waals surface area contributed by atoms with Crippen LogP contribution >= 0.6 is 0 Å². The number of nitrogens with zero attached hydrogens (tertiary/aromatic N) is 2. The van der Waals surface area contributed by atoms with Crippen molar-refractivity contribution < 1.29 is 13.2 Å². The lowest BCUT2D eigenvalue weighted by molar-refractivity contribution is -0.121. The van der Waals surface area contributed by atoms with Gasteiger partial charge in [0.1, 0.15) is 6.04 Å². The molecule has 29 heavy (non-hydrogen) atoms. The van der Waals surface area contributed by atoms with Crippen LogP contribution in [0.1, 0.15) is 39.0 Å². The summed E-state index contributed by atoms with van der Waals surface area (Å²) in [4.78, 5) is 15.5. The molecule has 1 amide bonds. The van der Waals surface area contributed by atoms with Gasteiger partial charge in [-0.15, -0.1) is 0 Å². The summed E-state index contributed by atoms with van der Waals surface area (Å²) in [7, 11) is -3.73. The maximum absolute atomic E-state index is 13.1. The first kappa shape index (κ1) is 20.2. The number of nitrogens with one attached hydrogen (secondary N) is 1. The molecule has 1 fully saturated rings. The fraction of sp³-hybridized carbons (Fsp3) is 0.500. The average Bonchev–Trinajstić information content (AvgIpc) is 2.88. The Kier molecular flexibility index (Phi) is 5.79. The third kappa shape index (κ3) is 3.85. The zero-order valence-electron chi connectivity index (χ0n) is 16.9. The molecule has 0 aromatic heterocycles. The Morgan fingerprint density at radius 2 is 1.76 bits per heavy atom. The van der Waals surface area contributed by atoms with Crippen molar-refractivity contribution in [2.45, 2.75) is 50.0 Å². The second kappa shape index (κ2) is 8.32. The van der Waals surface area contributed by atoms with Gasteiger partial charge in [-0.25, -0.2) is 8.42 Å². The first-order chi connectivity index (χ1) is 14.0. The Hall–Kier alpha value is -2.12. The SMILES string of the molecule is CC(C(=O)NCCCN1CCCCCC1)N1c2cccc3cccc(c23)S1(=O)=O. The van der Waals surface area contributed by atoms with Gasteiger partial charge in [-0.1, -0.05) is 37.1 Å². The second-order valence-electron chi connectivity index (χ2n) is 8.01. The van der Waals surface area contributed by atoms with Crippen LogP contribution < -0.4 is 9.62 Å². The highest BCUT2D eigenvalue weighted by atomic mass is 32.2. The predicted molar refractivity (Wildman–Crippen MR) is 116 cm³/mol. The number of hydrogen-bond donors (Lipinski definition) is 1. The number of anilines is 1. The molecule has 0 spiro atoms. The topological polar surface area (TPSA) is 69.7 Å². The number of sulfonamides is 1. The van der Waals surface area contributed by atoms with E-state index in [4.69, 9.17) is 0 Å². The highest BCUT2D eigenvalue weighted by Crippen LogP contribution is 2.43. The minimum Gasteiger partial charge on any atom is -0.354 e. The molecule has 1 N–H and O–H groups in total. The van der Waals surface area contributed by atoms with Crippen LogP contribution in [-0.2, 0) is 14.8 Å². The zero-order chi connectivity index (χ0) is 20.4. The third-order valence-electron chi connectivity index (χ3n) is 6.00. The van der Waals surface area contributed by atoms with E-state index in [-0.39, 0.29) is 10.8 Å². The molecule has 2 aliphatic rings. The molecule has 1 unspecified atom stereocenters. The molecule has 2 aromatic carbocycles. The first-order valence-electron chi connectivity index (χ1n) is 10.6. The number of carbonyl (C=O) groups excluding carboxylic acids is 1. The van der Waals surface area contributed by atoms with Gasteiger partial charge in [-0.2, -0.15) is 0 Å². The van der Waals surface area contributed by atoms with Gasteiger partial charge in [0, 0.05) is 11.9 Å². The van der Waals surface area contributed by atoms with Crippen LogP contribution in [0.5, 0.6) is 0 Å². The largest absolute Gasteiger partial charge is 0.354 e. The number of rotatable bonds is 6. The summed E-state index contributed by atoms with van der Waals surface area (Å²) in [5, 5.41) is 4.52. The van der Waals surface area contributed by atoms with Crippen molar-refractivity contribution in [3.8, 4) is 0 Å². The van der Waals surface area contributed by atoms with E-state index in [1.165, 1.54) is 30.0 Å². The van der Waals surface area contributed by atoms with E-state index < -0.39 is 16.1 Å². The van der Waals surface area contributed by atoms with Crippen molar-refractivity contribution in [2.24, 2.45) is 0 Å². The monoisotopic (exact) mass is 415 g/mol. The molecule has 6 nitrogen and oxygen atoms in total. The second-order valence-corrected chi connectivity index (χ2v) is 9.79. The molecular formula is C22H29N3O3S. The van der Waals surface area contributed by atoms with Crippen LogP contribution in [0, 0.1) is 0 Å². The molecule has 2 heterocycles. The summed E-state index contributed by atoms with van der Waals surface area (Å²) in [6.07, 6.45) is 6.00. The van der Waals surface area contributed by atoms with E-state index >= 15 is 0 Å². The van der Waals surface area contributed by atoms with Gasteiger partial charge in [0.15, 0.2) is 0 Å². The fourth-order valence-corrected chi connectivity index (χ4v) is 6.33. The third-order valence-corrected chi connectivity index (χ3v) is 7.93. The summed E-state index contributed by atoms with van der Waals surface area (Å²) in [6, 6.07) is 9.98. The summed E-state index contributed by atoms with van der Waals surface area (Å²) in [6.45, 7) is 5.47. The minimum absolute atomic E-state index is 0.255. The van der Waals surface area contributed by atoms with Crippen LogP contribution in [0.2, 0.25) is 0 Å². The molecule has 0 radical (unpaired) electrons. The molecule has 7 heteroatoms. The van der Waals surface area contributed by atoms with E-state index in [1.807, 2.05) is 18.2 Å². The minimum atomic E-state index is -3.73. The molecule has 2 aliphatic heterocycles. The highest BCUT2D eigenvalue weighted by Gasteiger charge is 2.40. The van der Waals surface area contributed by atoms with Crippen LogP contribution in [-0.4, -0.2) is 51.4 Å². The van der Waals surface area contributed by atoms with Gasteiger partial charge in [0.2, 0.25) is 5.91 Å². The van der Waals surface area contributed by atoms with Crippen molar-refractivity contribution in [1.29, 1.82) is 0 Å². The summed E-state index contributed by atoms with van der Waals surface area (Å²) >= 11 is 0. The number of benzene rings is 2. The van der Waals surface area contributed by atoms with E-state index in [1.54, 1.807) is 25.1 Å². The first-order valence-corrected chi connectivity index (χ1v) is 12.0. The van der Waals surface area contributed by atoms with Gasteiger partial charge in [0.25, 0.3) is 10.0 Å². The van der Waals surface area contributed by atoms with Gasteiger partial charge in [-0.3, -0.25) is 9.10 Å². The Morgan fingerprint density at radius 3 is 2.48 bits per heavy atom. The molecule has 0 bridgehead atoms. The van der Waals surface area contributed by atoms with E-state index in [0.717, 1.165) is 31.4 Å². The Labute approximate surface area is 172 Å². The van der Waals surface area contributed by atoms with E-state index in [2.05, 4.69) is 10.2 Å². The van der Waals surface area contributed by atoms with Crippen LogP contribution in [0.3, 0.4) is 0 Å². The summed E-state index contributed by atoms with van der Waals surface area (Å²) in [5.41, 5.74) is 0.588. The number of likely N-dealkylation sites (tertiary alicyclic amines) is 1. The van der Waals surface area contributed by atoms with Crippen molar-refractivity contribution in [3.63, 3.8) is 0 Å². The molecule has 0 aliphatic carbocycles. The normalized spacial score (nSPS) is 19.8. The lowest BCUT2D eigenvalue weighted by atomic mass is 10.1. The smallest absolute Gasteiger partial charge is 0.265 e. The quantitative estimate of drug-likeness (QED) is 0.736. The van der Waals surface area contributed by atoms with Crippen molar-refractivity contribution in [3.05, 3.63) is 36.4 Å². The van der Waals surface area contributed by atoms with Crippen LogP contribution in [0.25, 0.3) is 10.8 Å². The Morgan fingerprint density at radius 1 is 1.07 bits per heavy atom. The lowest BCUT2D eigenvalue weighted by Gasteiger charge is -2.25. The Balaban J connectivity index is 1.41. The highest BCUT2D eigenvalue weighted by molar-refractivity contribution is 7.93. The molecular weight excluding hydrogens is 386 g/mol. The molecule has 1 saturated heterocycles. The maximum atomic E-state index is 13.1. The Bertz CT molecular complexity index is 992. The molecule has 0 saturated carbocycles. The van der Waals surface area contributed by atoms with Crippen molar-refractivity contribution in [2.75, 3.05) is 30.5 Å². The van der Waals surface area contributed by atoms with Gasteiger partial charge >= 0.3 is 0 Å². The van der Waals surface area contributed by atoms with Gasteiger partial charge < -0.3 is 10.2 Å². The van der Waals surface area contributed by atoms with Crippen molar-refractivity contribution >= 4 is 32.4 Å².